The van der Waals surface area contributed by atoms with Gasteiger partial charge in [0.25, 0.3) is 0 Å². The van der Waals surface area contributed by atoms with Gasteiger partial charge in [0, 0.05) is 11.5 Å². The summed E-state index contributed by atoms with van der Waals surface area (Å²) in [6.07, 6.45) is 0.340. The predicted octanol–water partition coefficient (Wildman–Crippen LogP) is 4.40. The number of fused-ring (bicyclic) bond motifs is 1. The molecule has 2 rings (SSSR count). The summed E-state index contributed by atoms with van der Waals surface area (Å²) in [5, 5.41) is 0. The molecule has 84 valence electrons. The Labute approximate surface area is 93.8 Å². The zero-order valence-electron chi connectivity index (χ0n) is 10.3. The SMILES string of the molecule is C=C.CC.CC1Oc2ccccc2C1C. The van der Waals surface area contributed by atoms with Gasteiger partial charge >= 0.3 is 0 Å². The molecular formula is C14H22O. The van der Waals surface area contributed by atoms with Crippen LogP contribution in [0.4, 0.5) is 0 Å². The van der Waals surface area contributed by atoms with Crippen LogP contribution >= 0.6 is 0 Å². The number of ether oxygens (including phenoxy) is 1. The maximum Gasteiger partial charge on any atom is 0.123 e. The Kier molecular flexibility index (Phi) is 6.52. The van der Waals surface area contributed by atoms with E-state index in [0.717, 1.165) is 5.75 Å². The molecule has 1 aromatic carbocycles. The van der Waals surface area contributed by atoms with Gasteiger partial charge < -0.3 is 4.74 Å². The van der Waals surface area contributed by atoms with Crippen LogP contribution < -0.4 is 4.74 Å². The smallest absolute Gasteiger partial charge is 0.123 e. The zero-order chi connectivity index (χ0) is 11.8. The molecule has 1 nitrogen and oxygen atoms in total. The van der Waals surface area contributed by atoms with Crippen LogP contribution in [-0.2, 0) is 0 Å². The van der Waals surface area contributed by atoms with Crippen LogP contribution in [0.3, 0.4) is 0 Å². The van der Waals surface area contributed by atoms with Gasteiger partial charge in [-0.2, -0.15) is 0 Å². The van der Waals surface area contributed by atoms with Crippen molar-refractivity contribution in [3.05, 3.63) is 43.0 Å². The molecule has 0 saturated heterocycles. The van der Waals surface area contributed by atoms with Gasteiger partial charge in [-0.15, -0.1) is 13.2 Å². The minimum atomic E-state index is 0.340. The highest BCUT2D eigenvalue weighted by Crippen LogP contribution is 2.36. The largest absolute Gasteiger partial charge is 0.490 e. The van der Waals surface area contributed by atoms with Crippen molar-refractivity contribution >= 4 is 0 Å². The molecule has 1 aromatic rings. The lowest BCUT2D eigenvalue weighted by Gasteiger charge is -2.06. The van der Waals surface area contributed by atoms with Crippen molar-refractivity contribution in [1.82, 2.24) is 0 Å². The molecule has 1 heteroatoms. The van der Waals surface area contributed by atoms with Crippen LogP contribution in [0.2, 0.25) is 0 Å². The fourth-order valence-electron chi connectivity index (χ4n) is 1.52. The first-order valence-electron chi connectivity index (χ1n) is 5.54. The molecule has 0 fully saturated rings. The molecule has 0 amide bonds. The summed E-state index contributed by atoms with van der Waals surface area (Å²) < 4.78 is 5.62. The van der Waals surface area contributed by atoms with E-state index in [9.17, 15) is 0 Å². The summed E-state index contributed by atoms with van der Waals surface area (Å²) in [6.45, 7) is 14.3. The molecule has 0 spiro atoms. The van der Waals surface area contributed by atoms with Gasteiger partial charge in [0.05, 0.1) is 0 Å². The fraction of sp³-hybridized carbons (Fsp3) is 0.429. The summed E-state index contributed by atoms with van der Waals surface area (Å²) in [6, 6.07) is 8.26. The average molecular weight is 206 g/mol. The van der Waals surface area contributed by atoms with E-state index < -0.39 is 0 Å². The predicted molar refractivity (Wildman–Crippen MR) is 67.5 cm³/mol. The summed E-state index contributed by atoms with van der Waals surface area (Å²) in [5.41, 5.74) is 1.35. The summed E-state index contributed by atoms with van der Waals surface area (Å²) in [5.74, 6) is 1.61. The van der Waals surface area contributed by atoms with Gasteiger partial charge in [0.15, 0.2) is 0 Å². The van der Waals surface area contributed by atoms with Crippen LogP contribution in [0, 0.1) is 0 Å². The van der Waals surface area contributed by atoms with Gasteiger partial charge in [-0.1, -0.05) is 39.0 Å². The minimum Gasteiger partial charge on any atom is -0.490 e. The van der Waals surface area contributed by atoms with Crippen LogP contribution in [0.25, 0.3) is 0 Å². The fourth-order valence-corrected chi connectivity index (χ4v) is 1.52. The third kappa shape index (κ3) is 3.12. The summed E-state index contributed by atoms with van der Waals surface area (Å²) in [4.78, 5) is 0. The molecule has 0 bridgehead atoms. The van der Waals surface area contributed by atoms with E-state index in [-0.39, 0.29) is 0 Å². The van der Waals surface area contributed by atoms with E-state index in [1.54, 1.807) is 0 Å². The molecule has 1 aliphatic rings. The van der Waals surface area contributed by atoms with Gasteiger partial charge in [-0.25, -0.2) is 0 Å². The first kappa shape index (κ1) is 13.8. The molecule has 0 radical (unpaired) electrons. The highest BCUT2D eigenvalue weighted by molar-refractivity contribution is 5.40. The molecule has 2 atom stereocenters. The lowest BCUT2D eigenvalue weighted by Crippen LogP contribution is -2.10. The normalized spacial score (nSPS) is 21.1. The lowest BCUT2D eigenvalue weighted by molar-refractivity contribution is 0.232. The van der Waals surface area contributed by atoms with Crippen molar-refractivity contribution in [2.24, 2.45) is 0 Å². The maximum atomic E-state index is 5.62. The minimum absolute atomic E-state index is 0.340. The standard InChI is InChI=1S/C10H12O.C2H6.C2H4/c1-7-8(2)11-10-6-4-3-5-9(7)10;2*1-2/h3-8H,1-2H3;1-2H3;1-2H2. The van der Waals surface area contributed by atoms with Gasteiger partial charge in [-0.3, -0.25) is 0 Å². The molecule has 0 aromatic heterocycles. The monoisotopic (exact) mass is 206 g/mol. The second-order valence-electron chi connectivity index (χ2n) is 3.15. The van der Waals surface area contributed by atoms with Crippen molar-refractivity contribution in [3.63, 3.8) is 0 Å². The van der Waals surface area contributed by atoms with Crippen molar-refractivity contribution in [2.75, 3.05) is 0 Å². The van der Waals surface area contributed by atoms with Crippen LogP contribution in [0.1, 0.15) is 39.2 Å². The van der Waals surface area contributed by atoms with Crippen LogP contribution in [-0.4, -0.2) is 6.10 Å². The Hall–Kier alpha value is -1.24. The van der Waals surface area contributed by atoms with Crippen molar-refractivity contribution in [2.45, 2.75) is 39.7 Å². The van der Waals surface area contributed by atoms with Gasteiger partial charge in [0.2, 0.25) is 0 Å². The lowest BCUT2D eigenvalue weighted by atomic mass is 9.99. The summed E-state index contributed by atoms with van der Waals surface area (Å²) >= 11 is 0. The quantitative estimate of drug-likeness (QED) is 0.572. The Balaban J connectivity index is 0.000000442. The molecule has 2 unspecified atom stereocenters. The van der Waals surface area contributed by atoms with E-state index in [1.165, 1.54) is 5.56 Å². The zero-order valence-corrected chi connectivity index (χ0v) is 10.3. The topological polar surface area (TPSA) is 9.23 Å². The molecule has 15 heavy (non-hydrogen) atoms. The van der Waals surface area contributed by atoms with Crippen LogP contribution in [0.15, 0.2) is 37.4 Å². The Bertz CT molecular complexity index is 280. The number of rotatable bonds is 0. The second-order valence-corrected chi connectivity index (χ2v) is 3.15. The molecule has 0 N–H and O–H groups in total. The molecular weight excluding hydrogens is 184 g/mol. The number of benzene rings is 1. The van der Waals surface area contributed by atoms with E-state index in [4.69, 9.17) is 4.74 Å². The first-order valence-corrected chi connectivity index (χ1v) is 5.54. The average Bonchev–Trinajstić information content (AvgIpc) is 2.61. The number of hydrogen-bond donors (Lipinski definition) is 0. The first-order chi connectivity index (χ1) is 7.29. The van der Waals surface area contributed by atoms with E-state index in [2.05, 4.69) is 39.1 Å². The van der Waals surface area contributed by atoms with Crippen molar-refractivity contribution in [3.8, 4) is 5.75 Å². The van der Waals surface area contributed by atoms with E-state index in [0.29, 0.717) is 12.0 Å². The molecule has 0 saturated carbocycles. The molecule has 0 aliphatic carbocycles. The molecule has 1 heterocycles. The van der Waals surface area contributed by atoms with E-state index >= 15 is 0 Å². The number of hydrogen-bond acceptors (Lipinski definition) is 1. The Morgan fingerprint density at radius 2 is 1.60 bits per heavy atom. The van der Waals surface area contributed by atoms with Gasteiger partial charge in [-0.05, 0) is 13.0 Å². The summed E-state index contributed by atoms with van der Waals surface area (Å²) in [7, 11) is 0. The highest BCUT2D eigenvalue weighted by atomic mass is 16.5. The third-order valence-corrected chi connectivity index (χ3v) is 2.43. The maximum absolute atomic E-state index is 5.62. The van der Waals surface area contributed by atoms with Crippen molar-refractivity contribution in [1.29, 1.82) is 0 Å². The Morgan fingerprint density at radius 3 is 2.13 bits per heavy atom. The van der Waals surface area contributed by atoms with Crippen LogP contribution in [0.5, 0.6) is 5.75 Å². The second kappa shape index (κ2) is 7.10. The van der Waals surface area contributed by atoms with E-state index in [1.807, 2.05) is 26.0 Å². The Morgan fingerprint density at radius 1 is 1.07 bits per heavy atom. The molecule has 1 aliphatic heterocycles. The highest BCUT2D eigenvalue weighted by Gasteiger charge is 2.26. The third-order valence-electron chi connectivity index (χ3n) is 2.43. The number of para-hydroxylation sites is 1. The van der Waals surface area contributed by atoms with Gasteiger partial charge in [0.1, 0.15) is 11.9 Å². The van der Waals surface area contributed by atoms with Crippen molar-refractivity contribution < 1.29 is 4.74 Å².